The van der Waals surface area contributed by atoms with Gasteiger partial charge in [-0.15, -0.1) is 0 Å². The molecule has 4 amide bonds. The first kappa shape index (κ1) is 46.1. The second-order valence-corrected chi connectivity index (χ2v) is 15.6. The van der Waals surface area contributed by atoms with E-state index in [1.165, 1.54) is 24.3 Å². The molecule has 3 unspecified atom stereocenters. The molecule has 0 spiro atoms. The topological polar surface area (TPSA) is 152 Å². The Morgan fingerprint density at radius 2 is 1.26 bits per heavy atom. The Morgan fingerprint density at radius 1 is 0.689 bits per heavy atom. The van der Waals surface area contributed by atoms with Crippen LogP contribution in [0.5, 0.6) is 5.75 Å². The van der Waals surface area contributed by atoms with E-state index in [-0.39, 0.29) is 37.2 Å². The zero-order valence-electron chi connectivity index (χ0n) is 34.9. The van der Waals surface area contributed by atoms with Crippen molar-refractivity contribution in [1.82, 2.24) is 20.9 Å². The molecule has 324 valence electrons. The first-order valence-electron chi connectivity index (χ1n) is 20.4. The van der Waals surface area contributed by atoms with Crippen LogP contribution in [0.15, 0.2) is 109 Å². The van der Waals surface area contributed by atoms with Crippen molar-refractivity contribution in [1.29, 1.82) is 0 Å². The second-order valence-electron chi connectivity index (χ2n) is 15.6. The lowest BCUT2D eigenvalue weighted by Gasteiger charge is -2.28. The average molecular weight is 841 g/mol. The maximum Gasteiger partial charge on any atom is 0.383 e. The van der Waals surface area contributed by atoms with Crippen LogP contribution in [-0.2, 0) is 43.5 Å². The van der Waals surface area contributed by atoms with Crippen molar-refractivity contribution in [3.05, 3.63) is 137 Å². The quantitative estimate of drug-likeness (QED) is 0.0948. The number of hydrogen-bond donors (Lipinski definition) is 3. The molecule has 0 aliphatic carbocycles. The van der Waals surface area contributed by atoms with Crippen LogP contribution in [0.3, 0.4) is 0 Å². The molecule has 1 aliphatic rings. The minimum Gasteiger partial charge on any atom is -0.489 e. The van der Waals surface area contributed by atoms with Gasteiger partial charge in [0.15, 0.2) is 0 Å². The Morgan fingerprint density at radius 3 is 1.84 bits per heavy atom. The van der Waals surface area contributed by atoms with Gasteiger partial charge in [0.1, 0.15) is 18.4 Å². The number of nitrogens with zero attached hydrogens (tertiary/aromatic N) is 1. The van der Waals surface area contributed by atoms with Crippen molar-refractivity contribution in [2.75, 3.05) is 32.9 Å². The molecular formula is C47H54F2N4O8. The standard InChI is InChI=1S/C47H54F2N4O8/c1-31(2)40(30-60-28-34-11-7-5-8-12-34)51-46(58)47(48,49)42(54)39(27-33-15-21-38(22-16-33)61-29-35-13-9-6-10-14-35)50-44(56)41(32(3)4)52-43(55)36-17-19-37(20-18-36)45(57)53-23-25-59-26-24-53/h5-22,31-32,39-41H,23-30H2,1-4H3,(H,50,56)(H,51,58)(H,52,55). The molecule has 1 saturated heterocycles. The van der Waals surface area contributed by atoms with E-state index < -0.39 is 59.9 Å². The number of carbonyl (C=O) groups is 5. The Balaban J connectivity index is 1.31. The van der Waals surface area contributed by atoms with Crippen molar-refractivity contribution < 1.29 is 47.0 Å². The molecule has 0 aromatic heterocycles. The summed E-state index contributed by atoms with van der Waals surface area (Å²) in [4.78, 5) is 69.1. The van der Waals surface area contributed by atoms with E-state index in [2.05, 4.69) is 16.0 Å². The third-order valence-corrected chi connectivity index (χ3v) is 10.3. The summed E-state index contributed by atoms with van der Waals surface area (Å²) in [5.74, 6) is -10.4. The summed E-state index contributed by atoms with van der Waals surface area (Å²) in [6.45, 7) is 8.89. The van der Waals surface area contributed by atoms with Crippen LogP contribution in [0.2, 0.25) is 0 Å². The Kier molecular flexibility index (Phi) is 16.6. The maximum atomic E-state index is 16.1. The van der Waals surface area contributed by atoms with E-state index in [1.807, 2.05) is 60.7 Å². The Hall–Kier alpha value is -5.99. The van der Waals surface area contributed by atoms with Gasteiger partial charge in [0.05, 0.1) is 38.5 Å². The summed E-state index contributed by atoms with van der Waals surface area (Å²) < 4.78 is 49.0. The third-order valence-electron chi connectivity index (χ3n) is 10.3. The summed E-state index contributed by atoms with van der Waals surface area (Å²) >= 11 is 0. The Bertz CT molecular complexity index is 2060. The molecule has 12 nitrogen and oxygen atoms in total. The lowest BCUT2D eigenvalue weighted by atomic mass is 9.95. The van der Waals surface area contributed by atoms with Gasteiger partial charge in [-0.1, -0.05) is 100 Å². The van der Waals surface area contributed by atoms with Crippen molar-refractivity contribution >= 4 is 29.4 Å². The van der Waals surface area contributed by atoms with Gasteiger partial charge < -0.3 is 35.1 Å². The molecule has 0 saturated carbocycles. The number of carbonyl (C=O) groups excluding carboxylic acids is 5. The maximum absolute atomic E-state index is 16.1. The van der Waals surface area contributed by atoms with Crippen LogP contribution in [0, 0.1) is 11.8 Å². The van der Waals surface area contributed by atoms with E-state index in [1.54, 1.807) is 56.9 Å². The average Bonchev–Trinajstić information content (AvgIpc) is 3.27. The third kappa shape index (κ3) is 13.2. The monoisotopic (exact) mass is 840 g/mol. The minimum absolute atomic E-state index is 0.0932. The number of hydrogen-bond acceptors (Lipinski definition) is 8. The molecule has 0 bridgehead atoms. The van der Waals surface area contributed by atoms with E-state index in [0.29, 0.717) is 43.2 Å². The van der Waals surface area contributed by atoms with Gasteiger partial charge in [-0.05, 0) is 64.9 Å². The molecule has 1 heterocycles. The summed E-state index contributed by atoms with van der Waals surface area (Å²) in [6, 6.07) is 27.0. The lowest BCUT2D eigenvalue weighted by Crippen LogP contribution is -2.60. The Labute approximate surface area is 355 Å². The van der Waals surface area contributed by atoms with Crippen molar-refractivity contribution in [2.24, 2.45) is 11.8 Å². The molecule has 3 N–H and O–H groups in total. The normalized spacial score (nSPS) is 14.5. The first-order chi connectivity index (χ1) is 29.2. The number of ketones is 1. The first-order valence-corrected chi connectivity index (χ1v) is 20.4. The molecule has 3 atom stereocenters. The number of halogens is 2. The fraction of sp³-hybridized carbons (Fsp3) is 0.383. The summed E-state index contributed by atoms with van der Waals surface area (Å²) in [7, 11) is 0. The highest BCUT2D eigenvalue weighted by Crippen LogP contribution is 2.23. The molecule has 1 fully saturated rings. The largest absolute Gasteiger partial charge is 0.489 e. The second kappa shape index (κ2) is 22.0. The zero-order valence-corrected chi connectivity index (χ0v) is 34.9. The SMILES string of the molecule is CC(C)C(COCc1ccccc1)NC(=O)C(F)(F)C(=O)C(Cc1ccc(OCc2ccccc2)cc1)NC(=O)C(NC(=O)c1ccc(C(=O)N2CCOCC2)cc1)C(C)C. The van der Waals surface area contributed by atoms with Crippen LogP contribution in [0.1, 0.15) is 65.1 Å². The number of morpholine rings is 1. The number of alkyl halides is 2. The molecule has 14 heteroatoms. The number of rotatable bonds is 20. The van der Waals surface area contributed by atoms with Gasteiger partial charge in [-0.2, -0.15) is 8.78 Å². The molecular weight excluding hydrogens is 787 g/mol. The minimum atomic E-state index is -4.57. The van der Waals surface area contributed by atoms with E-state index in [0.717, 1.165) is 11.1 Å². The molecule has 61 heavy (non-hydrogen) atoms. The fourth-order valence-electron chi connectivity index (χ4n) is 6.51. The molecule has 0 radical (unpaired) electrons. The fourth-order valence-corrected chi connectivity index (χ4v) is 6.51. The van der Waals surface area contributed by atoms with Gasteiger partial charge in [0, 0.05) is 30.6 Å². The zero-order chi connectivity index (χ0) is 43.9. The van der Waals surface area contributed by atoms with Crippen LogP contribution in [0.4, 0.5) is 8.78 Å². The van der Waals surface area contributed by atoms with Gasteiger partial charge in [-0.25, -0.2) is 0 Å². The lowest BCUT2D eigenvalue weighted by molar-refractivity contribution is -0.161. The van der Waals surface area contributed by atoms with Crippen molar-refractivity contribution in [3.63, 3.8) is 0 Å². The number of ether oxygens (including phenoxy) is 3. The summed E-state index contributed by atoms with van der Waals surface area (Å²) in [5.41, 5.74) is 2.71. The highest BCUT2D eigenvalue weighted by Gasteiger charge is 2.51. The van der Waals surface area contributed by atoms with Crippen LogP contribution in [-0.4, -0.2) is 91.3 Å². The van der Waals surface area contributed by atoms with E-state index >= 15 is 8.78 Å². The predicted molar refractivity (Wildman–Crippen MR) is 225 cm³/mol. The summed E-state index contributed by atoms with van der Waals surface area (Å²) in [6.07, 6.45) is -0.405. The predicted octanol–water partition coefficient (Wildman–Crippen LogP) is 5.78. The van der Waals surface area contributed by atoms with Gasteiger partial charge >= 0.3 is 5.92 Å². The van der Waals surface area contributed by atoms with Crippen LogP contribution in [0.25, 0.3) is 0 Å². The van der Waals surface area contributed by atoms with Crippen LogP contribution < -0.4 is 20.7 Å². The van der Waals surface area contributed by atoms with Gasteiger partial charge in [-0.3, -0.25) is 24.0 Å². The van der Waals surface area contributed by atoms with E-state index in [4.69, 9.17) is 14.2 Å². The van der Waals surface area contributed by atoms with Crippen molar-refractivity contribution in [2.45, 2.75) is 71.4 Å². The number of nitrogens with one attached hydrogen (secondary N) is 3. The summed E-state index contributed by atoms with van der Waals surface area (Å²) in [5, 5.41) is 7.38. The van der Waals surface area contributed by atoms with Gasteiger partial charge in [0.2, 0.25) is 11.7 Å². The van der Waals surface area contributed by atoms with Crippen LogP contribution >= 0.6 is 0 Å². The van der Waals surface area contributed by atoms with E-state index in [9.17, 15) is 24.0 Å². The molecule has 4 aromatic carbocycles. The smallest absolute Gasteiger partial charge is 0.383 e. The number of Topliss-reactive ketones (excluding diaryl/α,β-unsaturated/α-hetero) is 1. The van der Waals surface area contributed by atoms with Gasteiger partial charge in [0.25, 0.3) is 17.7 Å². The molecule has 1 aliphatic heterocycles. The number of amides is 4. The molecule has 5 rings (SSSR count). The highest BCUT2D eigenvalue weighted by molar-refractivity contribution is 6.11. The molecule has 4 aromatic rings. The van der Waals surface area contributed by atoms with Crippen molar-refractivity contribution in [3.8, 4) is 5.75 Å². The highest BCUT2D eigenvalue weighted by atomic mass is 19.3. The number of benzene rings is 4.